The van der Waals surface area contributed by atoms with E-state index in [4.69, 9.17) is 9.47 Å². The highest BCUT2D eigenvalue weighted by Crippen LogP contribution is 2.47. The van der Waals surface area contributed by atoms with E-state index in [-0.39, 0.29) is 23.1 Å². The van der Waals surface area contributed by atoms with Crippen LogP contribution in [0.5, 0.6) is 11.5 Å². The van der Waals surface area contributed by atoms with Crippen LogP contribution in [0.2, 0.25) is 0 Å². The van der Waals surface area contributed by atoms with Gasteiger partial charge < -0.3 is 14.6 Å². The van der Waals surface area contributed by atoms with Gasteiger partial charge in [-0.25, -0.2) is 4.39 Å². The van der Waals surface area contributed by atoms with Gasteiger partial charge in [0.1, 0.15) is 23.9 Å². The topological polar surface area (TPSA) is 55.8 Å². The van der Waals surface area contributed by atoms with E-state index in [2.05, 4.69) is 32.1 Å². The van der Waals surface area contributed by atoms with Gasteiger partial charge in [-0.05, 0) is 113 Å². The lowest BCUT2D eigenvalue weighted by Gasteiger charge is -2.25. The molecule has 0 bridgehead atoms. The molecule has 3 aromatic rings. The van der Waals surface area contributed by atoms with E-state index in [1.165, 1.54) is 17.2 Å². The molecular weight excluding hydrogens is 491 g/mol. The Balaban J connectivity index is 1.45. The molecule has 2 unspecified atom stereocenters. The molecule has 4 nitrogen and oxygen atoms in total. The van der Waals surface area contributed by atoms with Crippen LogP contribution in [0.15, 0.2) is 60.7 Å². The lowest BCUT2D eigenvalue weighted by molar-refractivity contribution is -0.142. The normalized spacial score (nSPS) is 18.4. The monoisotopic (exact) mass is 528 g/mol. The summed E-state index contributed by atoms with van der Waals surface area (Å²) in [5.41, 5.74) is 6.91. The van der Waals surface area contributed by atoms with E-state index >= 15 is 4.39 Å². The molecule has 2 aliphatic carbocycles. The quantitative estimate of drug-likeness (QED) is 0.303. The average molecular weight is 529 g/mol. The molecule has 0 heterocycles. The van der Waals surface area contributed by atoms with Crippen molar-refractivity contribution in [2.75, 3.05) is 7.11 Å². The standard InChI is InChI=1S/C34H37FO4/c1-5-25(33(36)37)26-14-10-22-9-11-24(19-28(22)26)39-20-21-8-13-27(30-18-23(38-4)12-15-32(30)35)29(17-21)31-7-6-16-34(31,2)3/h7-9,11-13,15,17-19,25-26H,5-6,10,14,16,20H2,1-4H3,(H,36,37). The zero-order valence-electron chi connectivity index (χ0n) is 23.2. The van der Waals surface area contributed by atoms with Gasteiger partial charge in [-0.15, -0.1) is 0 Å². The zero-order chi connectivity index (χ0) is 27.7. The smallest absolute Gasteiger partial charge is 0.307 e. The summed E-state index contributed by atoms with van der Waals surface area (Å²) in [6.07, 6.45) is 6.69. The van der Waals surface area contributed by atoms with Crippen LogP contribution >= 0.6 is 0 Å². The molecule has 2 atom stereocenters. The molecule has 0 saturated heterocycles. The molecule has 0 fully saturated rings. The van der Waals surface area contributed by atoms with Gasteiger partial charge >= 0.3 is 5.97 Å². The summed E-state index contributed by atoms with van der Waals surface area (Å²) in [6, 6.07) is 17.0. The first-order chi connectivity index (χ1) is 18.7. The molecule has 2 aliphatic rings. The number of hydrogen-bond acceptors (Lipinski definition) is 3. The highest BCUT2D eigenvalue weighted by Gasteiger charge is 2.33. The van der Waals surface area contributed by atoms with Crippen molar-refractivity contribution < 1.29 is 23.8 Å². The van der Waals surface area contributed by atoms with Gasteiger partial charge in [0.2, 0.25) is 0 Å². The number of rotatable bonds is 9. The first-order valence-electron chi connectivity index (χ1n) is 13.9. The molecule has 5 rings (SSSR count). The van der Waals surface area contributed by atoms with E-state index in [9.17, 15) is 9.90 Å². The number of ether oxygens (including phenoxy) is 2. The summed E-state index contributed by atoms with van der Waals surface area (Å²) >= 11 is 0. The van der Waals surface area contributed by atoms with E-state index in [1.807, 2.05) is 31.2 Å². The second-order valence-electron chi connectivity index (χ2n) is 11.4. The number of halogens is 1. The minimum atomic E-state index is -0.731. The first kappa shape index (κ1) is 27.0. The fraction of sp³-hybridized carbons (Fsp3) is 0.382. The Morgan fingerprint density at radius 1 is 1.05 bits per heavy atom. The predicted molar refractivity (Wildman–Crippen MR) is 153 cm³/mol. The van der Waals surface area contributed by atoms with E-state index in [0.717, 1.165) is 53.7 Å². The molecule has 0 aromatic heterocycles. The molecule has 5 heteroatoms. The lowest BCUT2D eigenvalue weighted by atomic mass is 9.79. The number of carboxylic acids is 1. The van der Waals surface area contributed by atoms with Crippen molar-refractivity contribution in [2.45, 2.75) is 65.4 Å². The molecule has 3 aromatic carbocycles. The van der Waals surface area contributed by atoms with E-state index in [1.54, 1.807) is 19.2 Å². The number of aliphatic carboxylic acids is 1. The Labute approximate surface area is 230 Å². The fourth-order valence-corrected chi connectivity index (χ4v) is 6.36. The fourth-order valence-electron chi connectivity index (χ4n) is 6.36. The summed E-state index contributed by atoms with van der Waals surface area (Å²) in [6.45, 7) is 6.78. The average Bonchev–Trinajstić information content (AvgIpc) is 3.50. The first-order valence-corrected chi connectivity index (χ1v) is 13.9. The Morgan fingerprint density at radius 3 is 2.54 bits per heavy atom. The molecular formula is C34H37FO4. The van der Waals surface area contributed by atoms with Crippen LogP contribution in [0, 0.1) is 17.2 Å². The maximum atomic E-state index is 15.1. The van der Waals surface area contributed by atoms with Crippen LogP contribution in [0.3, 0.4) is 0 Å². The van der Waals surface area contributed by atoms with Crippen molar-refractivity contribution in [1.82, 2.24) is 0 Å². The van der Waals surface area contributed by atoms with Crippen LogP contribution in [-0.4, -0.2) is 18.2 Å². The maximum Gasteiger partial charge on any atom is 0.307 e. The number of methoxy groups -OCH3 is 1. The molecule has 0 radical (unpaired) electrons. The van der Waals surface area contributed by atoms with Gasteiger partial charge in [0, 0.05) is 5.56 Å². The van der Waals surface area contributed by atoms with Crippen molar-refractivity contribution in [1.29, 1.82) is 0 Å². The Kier molecular flexibility index (Phi) is 7.53. The summed E-state index contributed by atoms with van der Waals surface area (Å²) < 4.78 is 26.7. The summed E-state index contributed by atoms with van der Waals surface area (Å²) in [5.74, 6) is -0.0102. The molecule has 0 saturated carbocycles. The van der Waals surface area contributed by atoms with Crippen molar-refractivity contribution >= 4 is 11.5 Å². The highest BCUT2D eigenvalue weighted by atomic mass is 19.1. The zero-order valence-corrected chi connectivity index (χ0v) is 23.2. The summed E-state index contributed by atoms with van der Waals surface area (Å²) in [4.78, 5) is 11.8. The maximum absolute atomic E-state index is 15.1. The largest absolute Gasteiger partial charge is 0.497 e. The van der Waals surface area contributed by atoms with Crippen LogP contribution in [0.4, 0.5) is 4.39 Å². The molecule has 0 spiro atoms. The predicted octanol–water partition coefficient (Wildman–Crippen LogP) is 8.42. The Hall–Kier alpha value is -3.60. The summed E-state index contributed by atoms with van der Waals surface area (Å²) in [5, 5.41) is 9.72. The number of allylic oxidation sites excluding steroid dienone is 2. The van der Waals surface area contributed by atoms with E-state index < -0.39 is 5.97 Å². The van der Waals surface area contributed by atoms with Gasteiger partial charge in [-0.2, -0.15) is 0 Å². The third kappa shape index (κ3) is 5.32. The van der Waals surface area contributed by atoms with Gasteiger partial charge in [-0.3, -0.25) is 4.79 Å². The molecule has 204 valence electrons. The minimum Gasteiger partial charge on any atom is -0.497 e. The van der Waals surface area contributed by atoms with Crippen LogP contribution in [0.1, 0.15) is 74.6 Å². The SMILES string of the molecule is CCC(C(=O)O)C1CCc2ccc(OCc3ccc(-c4cc(OC)ccc4F)c(C4=CCCC4(C)C)c3)cc21. The van der Waals surface area contributed by atoms with Crippen molar-refractivity contribution in [3.05, 3.63) is 88.7 Å². The lowest BCUT2D eigenvalue weighted by Crippen LogP contribution is -2.19. The highest BCUT2D eigenvalue weighted by molar-refractivity contribution is 5.85. The number of aryl methyl sites for hydroxylation is 1. The number of benzene rings is 3. The summed E-state index contributed by atoms with van der Waals surface area (Å²) in [7, 11) is 1.59. The number of carboxylic acid groups (broad SMARTS) is 1. The molecule has 1 N–H and O–H groups in total. The number of hydrogen-bond donors (Lipinski definition) is 1. The third-order valence-corrected chi connectivity index (χ3v) is 8.57. The van der Waals surface area contributed by atoms with Crippen LogP contribution in [0.25, 0.3) is 16.7 Å². The number of fused-ring (bicyclic) bond motifs is 1. The second kappa shape index (κ2) is 10.9. The van der Waals surface area contributed by atoms with Gasteiger partial charge in [0.15, 0.2) is 0 Å². The Bertz CT molecular complexity index is 1420. The van der Waals surface area contributed by atoms with E-state index in [0.29, 0.717) is 24.3 Å². The van der Waals surface area contributed by atoms with Crippen LogP contribution in [-0.2, 0) is 17.8 Å². The second-order valence-corrected chi connectivity index (χ2v) is 11.4. The van der Waals surface area contributed by atoms with Crippen molar-refractivity contribution in [3.8, 4) is 22.6 Å². The van der Waals surface area contributed by atoms with Gasteiger partial charge in [0.05, 0.1) is 13.0 Å². The Morgan fingerprint density at radius 2 is 1.85 bits per heavy atom. The number of carbonyl (C=O) groups is 1. The van der Waals surface area contributed by atoms with Crippen molar-refractivity contribution in [2.24, 2.45) is 11.3 Å². The third-order valence-electron chi connectivity index (χ3n) is 8.57. The van der Waals surface area contributed by atoms with Gasteiger partial charge in [0.25, 0.3) is 0 Å². The van der Waals surface area contributed by atoms with Gasteiger partial charge in [-0.1, -0.05) is 45.0 Å². The molecule has 0 amide bonds. The van der Waals surface area contributed by atoms with Crippen molar-refractivity contribution in [3.63, 3.8) is 0 Å². The minimum absolute atomic E-state index is 0.0153. The molecule has 0 aliphatic heterocycles. The van der Waals surface area contributed by atoms with Crippen LogP contribution < -0.4 is 9.47 Å². The molecule has 39 heavy (non-hydrogen) atoms.